The lowest BCUT2D eigenvalue weighted by Gasteiger charge is -2.36. The van der Waals surface area contributed by atoms with Gasteiger partial charge in [-0.05, 0) is 42.7 Å². The fourth-order valence-corrected chi connectivity index (χ4v) is 4.93. The molecule has 0 saturated carbocycles. The van der Waals surface area contributed by atoms with Gasteiger partial charge in [0.15, 0.2) is 11.5 Å². The fourth-order valence-electron chi connectivity index (χ4n) is 4.93. The van der Waals surface area contributed by atoms with Gasteiger partial charge in [-0.1, -0.05) is 48.0 Å². The lowest BCUT2D eigenvalue weighted by atomic mass is 9.91. The van der Waals surface area contributed by atoms with Crippen molar-refractivity contribution in [3.05, 3.63) is 88.6 Å². The Morgan fingerprint density at radius 2 is 1.62 bits per heavy atom. The highest BCUT2D eigenvalue weighted by atomic mass is 16.5. The summed E-state index contributed by atoms with van der Waals surface area (Å²) in [6, 6.07) is 19.9. The van der Waals surface area contributed by atoms with Crippen molar-refractivity contribution in [2.24, 2.45) is 0 Å². The number of ether oxygens (including phenoxy) is 3. The van der Waals surface area contributed by atoms with Gasteiger partial charge in [-0.3, -0.25) is 4.79 Å². The van der Waals surface area contributed by atoms with Gasteiger partial charge in [-0.2, -0.15) is 0 Å². The number of H-pyrrole nitrogens is 1. The maximum absolute atomic E-state index is 14.0. The Morgan fingerprint density at radius 1 is 0.941 bits per heavy atom. The molecule has 34 heavy (non-hydrogen) atoms. The number of aromatic amines is 1. The molecule has 0 bridgehead atoms. The average molecular weight is 457 g/mol. The topological polar surface area (TPSA) is 63.8 Å². The molecule has 6 nitrogen and oxygen atoms in total. The van der Waals surface area contributed by atoms with Gasteiger partial charge in [-0.25, -0.2) is 0 Å². The van der Waals surface area contributed by atoms with Gasteiger partial charge >= 0.3 is 0 Å². The average Bonchev–Trinajstić information content (AvgIpc) is 3.26. The number of hydrogen-bond acceptors (Lipinski definition) is 4. The van der Waals surface area contributed by atoms with E-state index in [1.165, 1.54) is 16.5 Å². The van der Waals surface area contributed by atoms with Crippen LogP contribution in [0.1, 0.15) is 38.8 Å². The van der Waals surface area contributed by atoms with E-state index in [0.717, 1.165) is 23.2 Å². The first kappa shape index (κ1) is 21.9. The number of methoxy groups -OCH3 is 3. The Morgan fingerprint density at radius 3 is 2.26 bits per heavy atom. The van der Waals surface area contributed by atoms with Crippen LogP contribution in [0.4, 0.5) is 0 Å². The molecular formula is C28H28N2O4. The number of carbonyl (C=O) groups is 1. The van der Waals surface area contributed by atoms with Crippen molar-refractivity contribution in [1.82, 2.24) is 9.88 Å². The van der Waals surface area contributed by atoms with Gasteiger partial charge in [0.25, 0.3) is 5.91 Å². The minimum Gasteiger partial charge on any atom is -0.493 e. The molecule has 4 aromatic rings. The zero-order chi connectivity index (χ0) is 23.8. The van der Waals surface area contributed by atoms with Crippen LogP contribution in [0.25, 0.3) is 10.9 Å². The molecule has 3 aromatic carbocycles. The number of rotatable bonds is 5. The number of amides is 1. The van der Waals surface area contributed by atoms with E-state index in [9.17, 15) is 4.79 Å². The molecule has 2 heterocycles. The number of nitrogens with one attached hydrogen (secondary N) is 1. The van der Waals surface area contributed by atoms with E-state index in [2.05, 4.69) is 54.4 Å². The molecular weight excluding hydrogens is 428 g/mol. The highest BCUT2D eigenvalue weighted by Crippen LogP contribution is 2.42. The van der Waals surface area contributed by atoms with E-state index in [1.807, 2.05) is 11.0 Å². The van der Waals surface area contributed by atoms with E-state index >= 15 is 0 Å². The van der Waals surface area contributed by atoms with Gasteiger partial charge in [-0.15, -0.1) is 0 Å². The van der Waals surface area contributed by atoms with E-state index in [4.69, 9.17) is 14.2 Å². The van der Waals surface area contributed by atoms with Gasteiger partial charge < -0.3 is 24.1 Å². The Kier molecular flexibility index (Phi) is 5.65. The largest absolute Gasteiger partial charge is 0.493 e. The highest BCUT2D eigenvalue weighted by Gasteiger charge is 2.35. The smallest absolute Gasteiger partial charge is 0.254 e. The second-order valence-corrected chi connectivity index (χ2v) is 8.54. The predicted octanol–water partition coefficient (Wildman–Crippen LogP) is 5.29. The molecule has 0 unspecified atom stereocenters. The monoisotopic (exact) mass is 456 g/mol. The Balaban J connectivity index is 1.64. The van der Waals surface area contributed by atoms with Crippen LogP contribution in [0, 0.1) is 6.92 Å². The number of aromatic nitrogens is 1. The quantitative estimate of drug-likeness (QED) is 0.443. The van der Waals surface area contributed by atoms with Gasteiger partial charge in [0.05, 0.1) is 27.4 Å². The van der Waals surface area contributed by atoms with Crippen molar-refractivity contribution in [3.8, 4) is 17.2 Å². The van der Waals surface area contributed by atoms with Gasteiger partial charge in [0, 0.05) is 28.7 Å². The molecule has 1 aromatic heterocycles. The molecule has 1 atom stereocenters. The SMILES string of the molecule is COc1cc(C(=O)N2CCc3c([nH]c4ccccc34)[C@@H]2c2ccc(C)cc2)cc(OC)c1OC. The molecule has 0 spiro atoms. The van der Waals surface area contributed by atoms with Crippen LogP contribution in [0.15, 0.2) is 60.7 Å². The Hall–Kier alpha value is -3.93. The summed E-state index contributed by atoms with van der Waals surface area (Å²) in [5.41, 5.74) is 6.17. The summed E-state index contributed by atoms with van der Waals surface area (Å²) in [5.74, 6) is 1.29. The summed E-state index contributed by atoms with van der Waals surface area (Å²) in [4.78, 5) is 19.5. The molecule has 1 aliphatic heterocycles. The normalized spacial score (nSPS) is 15.2. The van der Waals surface area contributed by atoms with Crippen molar-refractivity contribution in [2.75, 3.05) is 27.9 Å². The predicted molar refractivity (Wildman–Crippen MR) is 132 cm³/mol. The number of fused-ring (bicyclic) bond motifs is 3. The molecule has 1 aliphatic rings. The molecule has 6 heteroatoms. The molecule has 0 radical (unpaired) electrons. The maximum atomic E-state index is 14.0. The molecule has 5 rings (SSSR count). The third-order valence-corrected chi connectivity index (χ3v) is 6.60. The van der Waals surface area contributed by atoms with Gasteiger partial charge in [0.2, 0.25) is 5.75 Å². The van der Waals surface area contributed by atoms with E-state index < -0.39 is 0 Å². The second-order valence-electron chi connectivity index (χ2n) is 8.54. The van der Waals surface area contributed by atoms with Crippen LogP contribution in [0.5, 0.6) is 17.2 Å². The molecule has 0 aliphatic carbocycles. The summed E-state index contributed by atoms with van der Waals surface area (Å²) >= 11 is 0. The molecule has 174 valence electrons. The van der Waals surface area contributed by atoms with Crippen molar-refractivity contribution in [3.63, 3.8) is 0 Å². The molecule has 0 saturated heterocycles. The summed E-state index contributed by atoms with van der Waals surface area (Å²) in [6.07, 6.45) is 0.776. The first-order chi connectivity index (χ1) is 16.5. The van der Waals surface area contributed by atoms with Crippen molar-refractivity contribution >= 4 is 16.8 Å². The van der Waals surface area contributed by atoms with Crippen LogP contribution in [-0.2, 0) is 6.42 Å². The van der Waals surface area contributed by atoms with Crippen molar-refractivity contribution in [1.29, 1.82) is 0 Å². The number of nitrogens with zero attached hydrogens (tertiary/aromatic N) is 1. The zero-order valence-corrected chi connectivity index (χ0v) is 19.8. The summed E-state index contributed by atoms with van der Waals surface area (Å²) in [6.45, 7) is 2.67. The molecule has 0 fully saturated rings. The lowest BCUT2D eigenvalue weighted by molar-refractivity contribution is 0.0691. The number of aryl methyl sites for hydroxylation is 1. The van der Waals surface area contributed by atoms with Crippen LogP contribution < -0.4 is 14.2 Å². The van der Waals surface area contributed by atoms with Gasteiger partial charge in [0.1, 0.15) is 0 Å². The Bertz CT molecular complexity index is 1330. The zero-order valence-electron chi connectivity index (χ0n) is 19.8. The summed E-state index contributed by atoms with van der Waals surface area (Å²) < 4.78 is 16.4. The van der Waals surface area contributed by atoms with Crippen LogP contribution in [-0.4, -0.2) is 43.7 Å². The molecule has 1 amide bonds. The number of carbonyl (C=O) groups excluding carboxylic acids is 1. The van der Waals surface area contributed by atoms with Crippen molar-refractivity contribution < 1.29 is 19.0 Å². The van der Waals surface area contributed by atoms with Crippen LogP contribution in [0.3, 0.4) is 0 Å². The third-order valence-electron chi connectivity index (χ3n) is 6.60. The van der Waals surface area contributed by atoms with E-state index in [0.29, 0.717) is 29.4 Å². The number of benzene rings is 3. The minimum absolute atomic E-state index is 0.0888. The minimum atomic E-state index is -0.233. The highest BCUT2D eigenvalue weighted by molar-refractivity contribution is 5.97. The summed E-state index contributed by atoms with van der Waals surface area (Å²) in [7, 11) is 4.66. The molecule has 1 N–H and O–H groups in total. The van der Waals surface area contributed by atoms with Crippen molar-refractivity contribution in [2.45, 2.75) is 19.4 Å². The first-order valence-electron chi connectivity index (χ1n) is 11.3. The Labute approximate surface area is 199 Å². The fraction of sp³-hybridized carbons (Fsp3) is 0.250. The van der Waals surface area contributed by atoms with Crippen LogP contribution in [0.2, 0.25) is 0 Å². The lowest BCUT2D eigenvalue weighted by Crippen LogP contribution is -2.40. The van der Waals surface area contributed by atoms with Crippen LogP contribution >= 0.6 is 0 Å². The standard InChI is InChI=1S/C28H28N2O4/c1-17-9-11-18(12-10-17)26-25-21(20-7-5-6-8-22(20)29-25)13-14-30(26)28(31)19-15-23(32-2)27(34-4)24(16-19)33-3/h5-12,15-16,26,29H,13-14H2,1-4H3/t26-/m0/s1. The van der Waals surface area contributed by atoms with E-state index in [1.54, 1.807) is 33.5 Å². The summed E-state index contributed by atoms with van der Waals surface area (Å²) in [5, 5.41) is 1.22. The maximum Gasteiger partial charge on any atom is 0.254 e. The third kappa shape index (κ3) is 3.55. The number of para-hydroxylation sites is 1. The number of hydrogen-bond donors (Lipinski definition) is 1. The second kappa shape index (κ2) is 8.78. The first-order valence-corrected chi connectivity index (χ1v) is 11.3. The van der Waals surface area contributed by atoms with E-state index in [-0.39, 0.29) is 11.9 Å².